The van der Waals surface area contributed by atoms with Gasteiger partial charge >= 0.3 is 0 Å². The van der Waals surface area contributed by atoms with Crippen molar-refractivity contribution in [3.63, 3.8) is 0 Å². The maximum absolute atomic E-state index is 13.1. The summed E-state index contributed by atoms with van der Waals surface area (Å²) < 4.78 is 28.8. The first kappa shape index (κ1) is 23.2. The zero-order valence-corrected chi connectivity index (χ0v) is 22.4. The molecule has 0 N–H and O–H groups in total. The van der Waals surface area contributed by atoms with Gasteiger partial charge < -0.3 is 4.90 Å². The van der Waals surface area contributed by atoms with Crippen LogP contribution in [0.15, 0.2) is 33.6 Å². The number of aryl methyl sites for hydroxylation is 1. The lowest BCUT2D eigenvalue weighted by Gasteiger charge is -2.35. The molecule has 33 heavy (non-hydrogen) atoms. The van der Waals surface area contributed by atoms with Gasteiger partial charge in [0.15, 0.2) is 0 Å². The normalized spacial score (nSPS) is 19.9. The highest BCUT2D eigenvalue weighted by molar-refractivity contribution is 9.10. The topological polar surface area (TPSA) is 66.4 Å². The Morgan fingerprint density at radius 3 is 2.45 bits per heavy atom. The van der Waals surface area contributed by atoms with E-state index < -0.39 is 10.0 Å². The minimum atomic E-state index is -3.50. The summed E-state index contributed by atoms with van der Waals surface area (Å²) in [6.07, 6.45) is 3.39. The summed E-state index contributed by atoms with van der Waals surface area (Å²) in [6, 6.07) is 6.87. The smallest absolute Gasteiger partial charge is 0.243 e. The van der Waals surface area contributed by atoms with E-state index in [4.69, 9.17) is 9.97 Å². The summed E-state index contributed by atoms with van der Waals surface area (Å²) in [5, 5.41) is 1.20. The lowest BCUT2D eigenvalue weighted by atomic mass is 9.89. The number of sulfonamides is 1. The summed E-state index contributed by atoms with van der Waals surface area (Å²) in [5.41, 5.74) is 1.42. The van der Waals surface area contributed by atoms with E-state index in [0.717, 1.165) is 33.8 Å². The van der Waals surface area contributed by atoms with Crippen LogP contribution in [0.4, 0.5) is 5.82 Å². The molecular weight excluding hydrogens is 520 g/mol. The van der Waals surface area contributed by atoms with Gasteiger partial charge in [0.25, 0.3) is 0 Å². The number of aromatic nitrogens is 2. The first-order chi connectivity index (χ1) is 15.7. The monoisotopic (exact) mass is 548 g/mol. The van der Waals surface area contributed by atoms with E-state index in [1.54, 1.807) is 28.6 Å². The van der Waals surface area contributed by atoms with Crippen LogP contribution in [0, 0.1) is 5.92 Å². The zero-order chi connectivity index (χ0) is 23.3. The van der Waals surface area contributed by atoms with Crippen molar-refractivity contribution in [3.05, 3.63) is 45.0 Å². The predicted octanol–water partition coefficient (Wildman–Crippen LogP) is 5.21. The van der Waals surface area contributed by atoms with E-state index >= 15 is 0 Å². The maximum atomic E-state index is 13.1. The Bertz CT molecular complexity index is 1280. The number of thiophene rings is 1. The number of piperazine rings is 1. The molecule has 176 valence electrons. The average Bonchev–Trinajstić information content (AvgIpc) is 3.16. The lowest BCUT2D eigenvalue weighted by Crippen LogP contribution is -2.49. The van der Waals surface area contributed by atoms with Gasteiger partial charge in [-0.2, -0.15) is 4.31 Å². The molecule has 0 radical (unpaired) electrons. The van der Waals surface area contributed by atoms with Gasteiger partial charge in [0.1, 0.15) is 16.5 Å². The van der Waals surface area contributed by atoms with Gasteiger partial charge in [-0.15, -0.1) is 11.3 Å². The van der Waals surface area contributed by atoms with Gasteiger partial charge in [-0.25, -0.2) is 18.4 Å². The molecule has 6 nitrogen and oxygen atoms in total. The second kappa shape index (κ2) is 8.91. The van der Waals surface area contributed by atoms with Crippen LogP contribution in [-0.2, 0) is 22.9 Å². The fourth-order valence-corrected chi connectivity index (χ4v) is 7.79. The zero-order valence-electron chi connectivity index (χ0n) is 19.2. The van der Waals surface area contributed by atoms with Crippen LogP contribution in [0.5, 0.6) is 0 Å². The van der Waals surface area contributed by atoms with E-state index in [-0.39, 0.29) is 5.92 Å². The van der Waals surface area contributed by atoms with Gasteiger partial charge in [-0.05, 0) is 55.0 Å². The molecule has 9 heteroatoms. The second-order valence-corrected chi connectivity index (χ2v) is 13.4. The average molecular weight is 550 g/mol. The third-order valence-corrected chi connectivity index (χ3v) is 10.2. The molecule has 0 bridgehead atoms. The number of benzene rings is 1. The summed E-state index contributed by atoms with van der Waals surface area (Å²) in [4.78, 5) is 15.1. The number of anilines is 1. The van der Waals surface area contributed by atoms with Crippen molar-refractivity contribution in [2.75, 3.05) is 31.1 Å². The van der Waals surface area contributed by atoms with Gasteiger partial charge in [-0.1, -0.05) is 36.7 Å². The molecule has 3 heterocycles. The number of halogens is 1. The molecule has 1 aromatic carbocycles. The Labute approximate surface area is 208 Å². The molecular formula is C24H29BrN4O2S2. The highest BCUT2D eigenvalue weighted by Gasteiger charge is 2.31. The van der Waals surface area contributed by atoms with Crippen molar-refractivity contribution < 1.29 is 8.42 Å². The summed E-state index contributed by atoms with van der Waals surface area (Å²) in [7, 11) is -3.50. The van der Waals surface area contributed by atoms with Gasteiger partial charge in [0, 0.05) is 41.4 Å². The molecule has 1 aliphatic carbocycles. The first-order valence-electron chi connectivity index (χ1n) is 11.6. The molecule has 0 saturated carbocycles. The number of fused-ring (bicyclic) bond motifs is 3. The molecule has 1 aliphatic heterocycles. The number of nitrogens with zero attached hydrogens (tertiary/aromatic N) is 4. The fourth-order valence-electron chi connectivity index (χ4n) is 4.72. The van der Waals surface area contributed by atoms with Crippen molar-refractivity contribution in [1.29, 1.82) is 0 Å². The summed E-state index contributed by atoms with van der Waals surface area (Å²) in [6.45, 7) is 8.73. The molecule has 1 saturated heterocycles. The number of hydrogen-bond acceptors (Lipinski definition) is 6. The predicted molar refractivity (Wildman–Crippen MR) is 138 cm³/mol. The van der Waals surface area contributed by atoms with Crippen molar-refractivity contribution >= 4 is 53.3 Å². The molecule has 0 spiro atoms. The minimum Gasteiger partial charge on any atom is -0.353 e. The van der Waals surface area contributed by atoms with Crippen molar-refractivity contribution in [1.82, 2.24) is 14.3 Å². The van der Waals surface area contributed by atoms with E-state index in [9.17, 15) is 8.42 Å². The number of rotatable bonds is 4. The first-order valence-corrected chi connectivity index (χ1v) is 14.6. The van der Waals surface area contributed by atoms with Gasteiger partial charge in [-0.3, -0.25) is 0 Å². The van der Waals surface area contributed by atoms with Crippen LogP contribution in [0.1, 0.15) is 49.4 Å². The van der Waals surface area contributed by atoms with Crippen LogP contribution < -0.4 is 4.90 Å². The molecule has 1 atom stereocenters. The van der Waals surface area contributed by atoms with Gasteiger partial charge in [0.2, 0.25) is 10.0 Å². The quantitative estimate of drug-likeness (QED) is 0.447. The fraction of sp³-hybridized carbons (Fsp3) is 0.500. The number of hydrogen-bond donors (Lipinski definition) is 0. The molecule has 3 aromatic rings. The standard InChI is InChI=1S/C24H29BrN4O2S2/c1-15(2)22-26-23(21-19-9-4-16(3)14-20(19)32-24(21)27-22)28-10-12-29(13-11-28)33(30,31)18-7-5-17(25)6-8-18/h5-8,15-16H,4,9-14H2,1-3H3/t16-/m1/s1. The van der Waals surface area contributed by atoms with E-state index in [0.29, 0.717) is 37.0 Å². The van der Waals surface area contributed by atoms with Crippen LogP contribution in [0.25, 0.3) is 10.2 Å². The Balaban J connectivity index is 1.46. The van der Waals surface area contributed by atoms with Crippen LogP contribution >= 0.6 is 27.3 Å². The van der Waals surface area contributed by atoms with Crippen LogP contribution in [0.2, 0.25) is 0 Å². The largest absolute Gasteiger partial charge is 0.353 e. The molecule has 0 amide bonds. The van der Waals surface area contributed by atoms with Crippen molar-refractivity contribution in [2.24, 2.45) is 5.92 Å². The van der Waals surface area contributed by atoms with E-state index in [2.05, 4.69) is 41.6 Å². The van der Waals surface area contributed by atoms with Crippen molar-refractivity contribution in [2.45, 2.75) is 50.8 Å². The third kappa shape index (κ3) is 4.33. The van der Waals surface area contributed by atoms with Crippen LogP contribution in [-0.4, -0.2) is 48.9 Å². The highest BCUT2D eigenvalue weighted by atomic mass is 79.9. The molecule has 1 fully saturated rings. The SMILES string of the molecule is CC(C)c1nc(N2CCN(S(=O)(=O)c3ccc(Br)cc3)CC2)c2c3c(sc2n1)C[C@H](C)CC3. The molecule has 2 aromatic heterocycles. The third-order valence-electron chi connectivity index (χ3n) is 6.66. The van der Waals surface area contributed by atoms with Crippen LogP contribution in [0.3, 0.4) is 0 Å². The Morgan fingerprint density at radius 2 is 1.79 bits per heavy atom. The maximum Gasteiger partial charge on any atom is 0.243 e. The summed E-state index contributed by atoms with van der Waals surface area (Å²) in [5.74, 6) is 2.81. The minimum absolute atomic E-state index is 0.241. The van der Waals surface area contributed by atoms with Crippen molar-refractivity contribution in [3.8, 4) is 0 Å². The molecule has 5 rings (SSSR count). The van der Waals surface area contributed by atoms with Gasteiger partial charge in [0.05, 0.1) is 10.3 Å². The Morgan fingerprint density at radius 1 is 1.09 bits per heavy atom. The Kier molecular flexibility index (Phi) is 6.26. The molecule has 2 aliphatic rings. The Hall–Kier alpha value is -1.55. The lowest BCUT2D eigenvalue weighted by molar-refractivity contribution is 0.384. The molecule has 0 unspecified atom stereocenters. The van der Waals surface area contributed by atoms with E-state index in [1.165, 1.54) is 22.2 Å². The second-order valence-electron chi connectivity index (χ2n) is 9.44. The van der Waals surface area contributed by atoms with E-state index in [1.807, 2.05) is 11.3 Å². The highest BCUT2D eigenvalue weighted by Crippen LogP contribution is 2.41. The summed E-state index contributed by atoms with van der Waals surface area (Å²) >= 11 is 5.21.